The van der Waals surface area contributed by atoms with Gasteiger partial charge < -0.3 is 4.74 Å². The molecule has 0 saturated carbocycles. The molecule has 0 radical (unpaired) electrons. The summed E-state index contributed by atoms with van der Waals surface area (Å²) in [6.07, 6.45) is 6.12. The Morgan fingerprint density at radius 1 is 1.10 bits per heavy atom. The summed E-state index contributed by atoms with van der Waals surface area (Å²) in [6.45, 7) is 0. The molecule has 2 N–H and O–H groups in total. The number of rotatable bonds is 6. The fraction of sp³-hybridized carbons (Fsp3) is 0.100. The molecule has 8 nitrogen and oxygen atoms in total. The van der Waals surface area contributed by atoms with Gasteiger partial charge in [0.1, 0.15) is 5.75 Å². The van der Waals surface area contributed by atoms with Crippen molar-refractivity contribution in [2.45, 2.75) is 0 Å². The van der Waals surface area contributed by atoms with Gasteiger partial charge in [0.15, 0.2) is 0 Å². The number of methoxy groups -OCH3 is 1. The number of nitrogens with zero attached hydrogens (tertiary/aromatic N) is 1. The van der Waals surface area contributed by atoms with Crippen molar-refractivity contribution in [2.75, 3.05) is 18.1 Å². The van der Waals surface area contributed by atoms with Crippen LogP contribution in [0.2, 0.25) is 0 Å². The van der Waals surface area contributed by atoms with E-state index in [1.165, 1.54) is 23.9 Å². The predicted octanol–water partition coefficient (Wildman–Crippen LogP) is 2.84. The molecule has 0 spiro atoms. The number of hydrogen-bond donors (Lipinski definition) is 2. The molecule has 156 valence electrons. The fourth-order valence-corrected chi connectivity index (χ4v) is 3.95. The van der Waals surface area contributed by atoms with E-state index in [1.54, 1.807) is 36.4 Å². The highest BCUT2D eigenvalue weighted by atomic mass is 79.9. The average Bonchev–Trinajstić information content (AvgIpc) is 2.66. The number of H-pyrrole nitrogens is 1. The normalized spacial score (nSPS) is 11.6. The minimum atomic E-state index is -3.34. The van der Waals surface area contributed by atoms with E-state index in [2.05, 4.69) is 25.6 Å². The van der Waals surface area contributed by atoms with E-state index in [1.807, 2.05) is 12.2 Å². The molecule has 0 fully saturated rings. The number of anilines is 1. The lowest BCUT2D eigenvalue weighted by Gasteiger charge is -2.12. The summed E-state index contributed by atoms with van der Waals surface area (Å²) in [4.78, 5) is 25.7. The summed E-state index contributed by atoms with van der Waals surface area (Å²) in [5, 5.41) is 0. The molecule has 0 aliphatic rings. The molecule has 0 aliphatic heterocycles. The van der Waals surface area contributed by atoms with Gasteiger partial charge in [-0.05, 0) is 45.8 Å². The Morgan fingerprint density at radius 3 is 2.40 bits per heavy atom. The zero-order valence-corrected chi connectivity index (χ0v) is 18.5. The second-order valence-electron chi connectivity index (χ2n) is 6.36. The van der Waals surface area contributed by atoms with Gasteiger partial charge in [-0.15, -0.1) is 0 Å². The van der Waals surface area contributed by atoms with Crippen LogP contribution in [0.5, 0.6) is 5.75 Å². The first-order valence-electron chi connectivity index (χ1n) is 8.62. The standard InChI is InChI=1S/C20H18BrN3O5S/c1-29-19-14(6-3-13-4-7-15(8-5-13)23-30(2,27)28)11-16(12-17(19)21)24-10-9-18(25)22-20(24)26/h3-12,23H,1-2H3,(H,22,25,26). The van der Waals surface area contributed by atoms with Gasteiger partial charge in [0.2, 0.25) is 10.0 Å². The van der Waals surface area contributed by atoms with Crippen LogP contribution in [0, 0.1) is 0 Å². The lowest BCUT2D eigenvalue weighted by molar-refractivity contribution is 0.411. The van der Waals surface area contributed by atoms with E-state index in [4.69, 9.17) is 4.74 Å². The molecule has 1 heterocycles. The molecular formula is C20H18BrN3O5S. The Kier molecular flexibility index (Phi) is 6.28. The van der Waals surface area contributed by atoms with E-state index in [9.17, 15) is 18.0 Å². The number of aromatic nitrogens is 2. The molecule has 3 rings (SSSR count). The van der Waals surface area contributed by atoms with Crippen LogP contribution in [0.15, 0.2) is 62.7 Å². The Hall–Kier alpha value is -3.11. The first-order chi connectivity index (χ1) is 14.2. The van der Waals surface area contributed by atoms with E-state index in [0.29, 0.717) is 27.2 Å². The smallest absolute Gasteiger partial charge is 0.332 e. The van der Waals surface area contributed by atoms with E-state index in [-0.39, 0.29) is 0 Å². The molecule has 0 aliphatic carbocycles. The Bertz CT molecular complexity index is 1330. The molecule has 0 saturated heterocycles. The molecule has 0 bridgehead atoms. The average molecular weight is 492 g/mol. The Labute approximate surface area is 181 Å². The second-order valence-corrected chi connectivity index (χ2v) is 8.96. The molecule has 1 aromatic heterocycles. The number of aromatic amines is 1. The first kappa shape index (κ1) is 21.6. The number of benzene rings is 2. The molecule has 0 amide bonds. The van der Waals surface area contributed by atoms with Crippen molar-refractivity contribution in [3.63, 3.8) is 0 Å². The number of sulfonamides is 1. The lowest BCUT2D eigenvalue weighted by atomic mass is 10.1. The van der Waals surface area contributed by atoms with Crippen LogP contribution >= 0.6 is 15.9 Å². The Balaban J connectivity index is 1.97. The zero-order valence-electron chi connectivity index (χ0n) is 16.0. The van der Waals surface area contributed by atoms with Crippen molar-refractivity contribution in [2.24, 2.45) is 0 Å². The largest absolute Gasteiger partial charge is 0.495 e. The topological polar surface area (TPSA) is 110 Å². The van der Waals surface area contributed by atoms with Gasteiger partial charge >= 0.3 is 5.69 Å². The maximum atomic E-state index is 12.1. The van der Waals surface area contributed by atoms with E-state index >= 15 is 0 Å². The predicted molar refractivity (Wildman–Crippen MR) is 121 cm³/mol. The minimum Gasteiger partial charge on any atom is -0.495 e. The quantitative estimate of drug-likeness (QED) is 0.515. The third-order valence-electron chi connectivity index (χ3n) is 4.03. The highest BCUT2D eigenvalue weighted by Crippen LogP contribution is 2.33. The molecule has 30 heavy (non-hydrogen) atoms. The van der Waals surface area contributed by atoms with Crippen LogP contribution < -0.4 is 20.7 Å². The van der Waals surface area contributed by atoms with E-state index < -0.39 is 21.3 Å². The van der Waals surface area contributed by atoms with Crippen LogP contribution in [0.3, 0.4) is 0 Å². The first-order valence-corrected chi connectivity index (χ1v) is 11.3. The second kappa shape index (κ2) is 8.72. The third kappa shape index (κ3) is 5.28. The highest BCUT2D eigenvalue weighted by Gasteiger charge is 2.10. The minimum absolute atomic E-state index is 0.467. The van der Waals surface area contributed by atoms with Crippen molar-refractivity contribution in [3.8, 4) is 11.4 Å². The maximum Gasteiger partial charge on any atom is 0.332 e. The molecule has 10 heteroatoms. The summed E-state index contributed by atoms with van der Waals surface area (Å²) in [7, 11) is -1.80. The molecule has 0 atom stereocenters. The molecular weight excluding hydrogens is 474 g/mol. The lowest BCUT2D eigenvalue weighted by Crippen LogP contribution is -2.27. The third-order valence-corrected chi connectivity index (χ3v) is 5.23. The van der Waals surface area contributed by atoms with Crippen LogP contribution in [0.4, 0.5) is 5.69 Å². The van der Waals surface area contributed by atoms with Crippen molar-refractivity contribution in [1.82, 2.24) is 9.55 Å². The highest BCUT2D eigenvalue weighted by molar-refractivity contribution is 9.10. The summed E-state index contributed by atoms with van der Waals surface area (Å²) in [6, 6.07) is 11.6. The van der Waals surface area contributed by atoms with Gasteiger partial charge in [0, 0.05) is 23.5 Å². The molecule has 0 unspecified atom stereocenters. The number of ether oxygens (including phenoxy) is 1. The summed E-state index contributed by atoms with van der Waals surface area (Å²) in [5.74, 6) is 0.572. The monoisotopic (exact) mass is 491 g/mol. The van der Waals surface area contributed by atoms with Crippen molar-refractivity contribution in [3.05, 3.63) is 85.1 Å². The molecule has 2 aromatic carbocycles. The fourth-order valence-electron chi connectivity index (χ4n) is 2.76. The van der Waals surface area contributed by atoms with Gasteiger partial charge in [-0.25, -0.2) is 13.2 Å². The zero-order chi connectivity index (χ0) is 21.9. The number of nitrogens with one attached hydrogen (secondary N) is 2. The summed E-state index contributed by atoms with van der Waals surface area (Å²) >= 11 is 3.45. The van der Waals surface area contributed by atoms with Crippen LogP contribution in [-0.4, -0.2) is 31.3 Å². The van der Waals surface area contributed by atoms with Gasteiger partial charge in [0.05, 0.1) is 23.5 Å². The van der Waals surface area contributed by atoms with Crippen molar-refractivity contribution < 1.29 is 13.2 Å². The maximum absolute atomic E-state index is 12.1. The summed E-state index contributed by atoms with van der Waals surface area (Å²) < 4.78 is 32.4. The van der Waals surface area contributed by atoms with E-state index in [0.717, 1.165) is 11.8 Å². The van der Waals surface area contributed by atoms with Crippen molar-refractivity contribution in [1.29, 1.82) is 0 Å². The van der Waals surface area contributed by atoms with Gasteiger partial charge in [-0.1, -0.05) is 24.3 Å². The summed E-state index contributed by atoms with van der Waals surface area (Å²) in [5.41, 5.74) is 1.50. The number of hydrogen-bond acceptors (Lipinski definition) is 5. The van der Waals surface area contributed by atoms with Crippen LogP contribution in [-0.2, 0) is 10.0 Å². The number of halogens is 1. The van der Waals surface area contributed by atoms with Crippen molar-refractivity contribution >= 4 is 43.8 Å². The van der Waals surface area contributed by atoms with Crippen LogP contribution in [0.25, 0.3) is 17.8 Å². The van der Waals surface area contributed by atoms with Gasteiger partial charge in [0.25, 0.3) is 5.56 Å². The van der Waals surface area contributed by atoms with Gasteiger partial charge in [-0.2, -0.15) is 0 Å². The molecule has 3 aromatic rings. The Morgan fingerprint density at radius 2 is 1.80 bits per heavy atom. The SMILES string of the molecule is COc1c(Br)cc(-n2ccc(=O)[nH]c2=O)cc1C=Cc1ccc(NS(C)(=O)=O)cc1. The van der Waals surface area contributed by atoms with Gasteiger partial charge in [-0.3, -0.25) is 19.1 Å². The van der Waals surface area contributed by atoms with Crippen LogP contribution in [0.1, 0.15) is 11.1 Å².